The maximum atomic E-state index is 13.6. The number of hydrogen-bond acceptors (Lipinski definition) is 5. The van der Waals surface area contributed by atoms with Gasteiger partial charge in [0.1, 0.15) is 5.75 Å². The molecule has 0 aliphatic heterocycles. The number of alkyl halides is 3. The zero-order valence-corrected chi connectivity index (χ0v) is 26.4. The van der Waals surface area contributed by atoms with Crippen LogP contribution in [0.15, 0.2) is 113 Å². The average molecular weight is 670 g/mol. The molecule has 4 aromatic carbocycles. The zero-order valence-electron chi connectivity index (χ0n) is 25.6. The molecule has 0 fully saturated rings. The predicted molar refractivity (Wildman–Crippen MR) is 180 cm³/mol. The lowest BCUT2D eigenvalue weighted by Crippen LogP contribution is -2.20. The molecule has 1 N–H and O–H groups in total. The van der Waals surface area contributed by atoms with E-state index >= 15 is 0 Å². The van der Waals surface area contributed by atoms with Crippen LogP contribution in [0.2, 0.25) is 5.02 Å². The fourth-order valence-electron chi connectivity index (χ4n) is 5.26. The molecule has 0 spiro atoms. The molecule has 12 heteroatoms. The first-order valence-corrected chi connectivity index (χ1v) is 15.1. The third-order valence-electron chi connectivity index (χ3n) is 7.58. The summed E-state index contributed by atoms with van der Waals surface area (Å²) in [6.07, 6.45) is -3.08. The van der Waals surface area contributed by atoms with Crippen molar-refractivity contribution < 1.29 is 22.7 Å². The van der Waals surface area contributed by atoms with Crippen molar-refractivity contribution in [2.24, 2.45) is 5.10 Å². The topological polar surface area (TPSA) is 90.5 Å². The third-order valence-corrected chi connectivity index (χ3v) is 7.83. The number of aryl methyl sites for hydroxylation is 1. The molecular weight excluding hydrogens is 643 g/mol. The minimum atomic E-state index is -4.57. The van der Waals surface area contributed by atoms with Crippen molar-refractivity contribution in [3.8, 4) is 22.8 Å². The Morgan fingerprint density at radius 2 is 1.69 bits per heavy atom. The van der Waals surface area contributed by atoms with Crippen LogP contribution in [0.25, 0.3) is 28.0 Å². The van der Waals surface area contributed by atoms with Crippen LogP contribution in [0.4, 0.5) is 18.9 Å². The number of amides is 1. The van der Waals surface area contributed by atoms with E-state index in [1.165, 1.54) is 18.3 Å². The molecule has 0 radical (unpaired) electrons. The highest BCUT2D eigenvalue weighted by molar-refractivity contribution is 6.30. The summed E-state index contributed by atoms with van der Waals surface area (Å²) in [7, 11) is 0. The minimum absolute atomic E-state index is 0.0210. The number of anilines is 1. The second kappa shape index (κ2) is 13.2. The van der Waals surface area contributed by atoms with Crippen molar-refractivity contribution in [2.75, 3.05) is 11.9 Å². The lowest BCUT2D eigenvalue weighted by Gasteiger charge is -2.12. The van der Waals surface area contributed by atoms with Gasteiger partial charge in [-0.1, -0.05) is 35.9 Å². The number of hydrogen-bond donors (Lipinski definition) is 1. The molecule has 0 unspecified atom stereocenters. The molecule has 0 bridgehead atoms. The lowest BCUT2D eigenvalue weighted by atomic mass is 10.1. The predicted octanol–water partition coefficient (Wildman–Crippen LogP) is 8.04. The summed E-state index contributed by atoms with van der Waals surface area (Å²) in [4.78, 5) is 30.4. The monoisotopic (exact) mass is 669 g/mol. The molecule has 0 saturated carbocycles. The second-order valence-corrected chi connectivity index (χ2v) is 11.3. The highest BCUT2D eigenvalue weighted by Gasteiger charge is 2.31. The molecule has 2 aromatic heterocycles. The van der Waals surface area contributed by atoms with Crippen molar-refractivity contribution in [1.82, 2.24) is 14.2 Å². The van der Waals surface area contributed by atoms with Crippen molar-refractivity contribution >= 4 is 40.3 Å². The normalized spacial score (nSPS) is 11.7. The molecule has 0 saturated heterocycles. The zero-order chi connectivity index (χ0) is 34.0. The van der Waals surface area contributed by atoms with Gasteiger partial charge in [-0.15, -0.1) is 0 Å². The molecule has 8 nitrogen and oxygen atoms in total. The fourth-order valence-corrected chi connectivity index (χ4v) is 5.38. The van der Waals surface area contributed by atoms with Gasteiger partial charge in [-0.05, 0) is 92.7 Å². The first-order valence-electron chi connectivity index (χ1n) is 14.7. The molecule has 0 aliphatic rings. The van der Waals surface area contributed by atoms with E-state index in [9.17, 15) is 22.8 Å². The van der Waals surface area contributed by atoms with Gasteiger partial charge in [0.2, 0.25) is 0 Å². The third kappa shape index (κ3) is 6.86. The Bertz CT molecular complexity index is 2220. The Hall–Kier alpha value is -5.68. The van der Waals surface area contributed by atoms with Crippen LogP contribution in [0.3, 0.4) is 0 Å². The number of benzene rings is 4. The van der Waals surface area contributed by atoms with Crippen LogP contribution in [0.1, 0.15) is 22.5 Å². The quantitative estimate of drug-likeness (QED) is 0.166. The Morgan fingerprint density at radius 1 is 0.958 bits per heavy atom. The number of halogens is 4. The van der Waals surface area contributed by atoms with Crippen molar-refractivity contribution in [2.45, 2.75) is 20.0 Å². The summed E-state index contributed by atoms with van der Waals surface area (Å²) in [5, 5.41) is 8.04. The summed E-state index contributed by atoms with van der Waals surface area (Å²) in [6, 6.07) is 27.1. The molecule has 242 valence electrons. The van der Waals surface area contributed by atoms with Gasteiger partial charge in [-0.2, -0.15) is 22.9 Å². The molecule has 48 heavy (non-hydrogen) atoms. The van der Waals surface area contributed by atoms with E-state index in [0.29, 0.717) is 27.5 Å². The molecule has 2 heterocycles. The highest BCUT2D eigenvalue weighted by Crippen LogP contribution is 2.32. The van der Waals surface area contributed by atoms with Crippen LogP contribution in [0, 0.1) is 13.8 Å². The number of fused-ring (bicyclic) bond motifs is 1. The summed E-state index contributed by atoms with van der Waals surface area (Å²) in [5.74, 6) is 0.159. The van der Waals surface area contributed by atoms with E-state index in [1.807, 2.05) is 36.6 Å². The van der Waals surface area contributed by atoms with E-state index < -0.39 is 17.3 Å². The molecule has 0 atom stereocenters. The van der Waals surface area contributed by atoms with Gasteiger partial charge >= 0.3 is 6.18 Å². The van der Waals surface area contributed by atoms with E-state index in [1.54, 1.807) is 60.7 Å². The van der Waals surface area contributed by atoms with Gasteiger partial charge in [-0.3, -0.25) is 9.59 Å². The van der Waals surface area contributed by atoms with Gasteiger partial charge in [-0.25, -0.2) is 4.98 Å². The maximum Gasteiger partial charge on any atom is 0.416 e. The fraction of sp³-hybridized carbons (Fsp3) is 0.111. The maximum absolute atomic E-state index is 13.6. The number of ether oxygens (including phenoxy) is 1. The van der Waals surface area contributed by atoms with Crippen LogP contribution < -0.4 is 15.6 Å². The van der Waals surface area contributed by atoms with E-state index in [-0.39, 0.29) is 29.3 Å². The number of para-hydroxylation sites is 1. The molecule has 6 rings (SSSR count). The van der Waals surface area contributed by atoms with Crippen LogP contribution in [-0.2, 0) is 11.0 Å². The van der Waals surface area contributed by atoms with E-state index in [2.05, 4.69) is 15.4 Å². The van der Waals surface area contributed by atoms with E-state index in [0.717, 1.165) is 33.9 Å². The molecular formula is C36H27ClF3N5O3. The largest absolute Gasteiger partial charge is 0.484 e. The van der Waals surface area contributed by atoms with Gasteiger partial charge in [0.25, 0.3) is 11.5 Å². The number of rotatable bonds is 8. The first kappa shape index (κ1) is 32.3. The molecule has 0 aliphatic carbocycles. The summed E-state index contributed by atoms with van der Waals surface area (Å²) in [5.41, 5.74) is 2.83. The van der Waals surface area contributed by atoms with Crippen LogP contribution in [0.5, 0.6) is 5.75 Å². The number of nitrogens with one attached hydrogen (secondary N) is 1. The molecule has 1 amide bonds. The Balaban J connectivity index is 1.26. The van der Waals surface area contributed by atoms with Crippen molar-refractivity contribution in [1.29, 1.82) is 0 Å². The van der Waals surface area contributed by atoms with Crippen LogP contribution in [-0.4, -0.2) is 33.0 Å². The Labute approximate surface area is 277 Å². The smallest absolute Gasteiger partial charge is 0.416 e. The van der Waals surface area contributed by atoms with E-state index in [4.69, 9.17) is 16.3 Å². The van der Waals surface area contributed by atoms with Crippen molar-refractivity contribution in [3.05, 3.63) is 141 Å². The number of carbonyl (C=O) groups excluding carboxylic acids is 1. The van der Waals surface area contributed by atoms with Crippen LogP contribution >= 0.6 is 11.6 Å². The Kier molecular flexibility index (Phi) is 8.88. The SMILES string of the molecule is Cc1cc(C=Nn2c(-c3cccc(C(F)(F)F)c3)nc3ccccc3c2=O)c(C)n1-c1ccc(OCC(=O)Nc2ccc(Cl)cc2)cc1. The lowest BCUT2D eigenvalue weighted by molar-refractivity contribution is -0.137. The van der Waals surface area contributed by atoms with Gasteiger partial charge in [0.05, 0.1) is 22.7 Å². The number of aromatic nitrogens is 3. The highest BCUT2D eigenvalue weighted by atomic mass is 35.5. The first-order chi connectivity index (χ1) is 23.0. The standard InChI is InChI=1S/C36H27ClF3N5O3/c1-22-18-25(23(2)44(22)29-14-16-30(17-15-29)48-21-33(46)42-28-12-10-27(37)11-13-28)20-41-45-34(24-6-5-7-26(19-24)36(38,39)40)43-32-9-4-3-8-31(32)35(45)47/h3-20H,21H2,1-2H3,(H,42,46). The van der Waals surface area contributed by atoms with Crippen molar-refractivity contribution in [3.63, 3.8) is 0 Å². The number of nitrogens with zero attached hydrogens (tertiary/aromatic N) is 4. The minimum Gasteiger partial charge on any atom is -0.484 e. The van der Waals surface area contributed by atoms with Gasteiger partial charge < -0.3 is 14.6 Å². The summed E-state index contributed by atoms with van der Waals surface area (Å²) >= 11 is 5.88. The Morgan fingerprint density at radius 3 is 2.42 bits per heavy atom. The second-order valence-electron chi connectivity index (χ2n) is 10.9. The summed E-state index contributed by atoms with van der Waals surface area (Å²) < 4.78 is 49.3. The van der Waals surface area contributed by atoms with Gasteiger partial charge in [0, 0.05) is 38.9 Å². The number of carbonyl (C=O) groups is 1. The summed E-state index contributed by atoms with van der Waals surface area (Å²) in [6.45, 7) is 3.61. The van der Waals surface area contributed by atoms with Gasteiger partial charge in [0.15, 0.2) is 12.4 Å². The molecule has 6 aromatic rings. The average Bonchev–Trinajstić information content (AvgIpc) is 3.36.